The van der Waals surface area contributed by atoms with Gasteiger partial charge < -0.3 is 20.1 Å². The van der Waals surface area contributed by atoms with Gasteiger partial charge in [-0.3, -0.25) is 10.4 Å². The quantitative estimate of drug-likeness (QED) is 0.749. The van der Waals surface area contributed by atoms with E-state index in [0.29, 0.717) is 18.7 Å². The summed E-state index contributed by atoms with van der Waals surface area (Å²) in [4.78, 5) is 1.84. The van der Waals surface area contributed by atoms with E-state index in [2.05, 4.69) is 11.5 Å². The molecule has 8 heteroatoms. The second kappa shape index (κ2) is 8.08. The summed E-state index contributed by atoms with van der Waals surface area (Å²) in [7, 11) is 3.25. The molecule has 0 amide bonds. The lowest BCUT2D eigenvalue weighted by molar-refractivity contribution is 0.375. The number of thiocarbonyl (C=S) groups is 1. The lowest BCUT2D eigenvalue weighted by atomic mass is 10.1. The van der Waals surface area contributed by atoms with Gasteiger partial charge in [0.25, 0.3) is 0 Å². The van der Waals surface area contributed by atoms with Gasteiger partial charge in [-0.2, -0.15) is 5.26 Å². The Morgan fingerprint density at radius 1 is 1.33 bits per heavy atom. The van der Waals surface area contributed by atoms with E-state index in [-0.39, 0.29) is 5.11 Å². The van der Waals surface area contributed by atoms with Gasteiger partial charge in [0, 0.05) is 18.9 Å². The van der Waals surface area contributed by atoms with Gasteiger partial charge in [0.1, 0.15) is 23.3 Å². The molecule has 0 atom stereocenters. The third-order valence-electron chi connectivity index (χ3n) is 3.44. The van der Waals surface area contributed by atoms with Gasteiger partial charge in [-0.25, -0.2) is 0 Å². The van der Waals surface area contributed by atoms with Crippen molar-refractivity contribution in [2.45, 2.75) is 6.42 Å². The fraction of sp³-hybridized carbons (Fsp3) is 0.250. The second-order valence-electron chi connectivity index (χ2n) is 4.93. The number of nitrogens with two attached hydrogens (primary N) is 1. The van der Waals surface area contributed by atoms with Crippen LogP contribution in [0.2, 0.25) is 0 Å². The zero-order chi connectivity index (χ0) is 17.5. The molecule has 2 rings (SSSR count). The Hall–Kier alpha value is -2.92. The molecule has 24 heavy (non-hydrogen) atoms. The highest BCUT2D eigenvalue weighted by Gasteiger charge is 2.14. The molecule has 0 saturated carbocycles. The summed E-state index contributed by atoms with van der Waals surface area (Å²) in [5.74, 6) is 1.55. The molecule has 7 nitrogen and oxygen atoms in total. The average molecular weight is 345 g/mol. The maximum absolute atomic E-state index is 9.34. The van der Waals surface area contributed by atoms with Crippen molar-refractivity contribution < 1.29 is 9.47 Å². The molecule has 1 aromatic rings. The molecular formula is C16H19N5O2S. The molecule has 0 aromatic heterocycles. The number of nitriles is 1. The molecule has 0 bridgehead atoms. The number of nitrogens with one attached hydrogen (secondary N) is 1. The van der Waals surface area contributed by atoms with Crippen molar-refractivity contribution in [2.24, 2.45) is 5.73 Å². The highest BCUT2D eigenvalue weighted by atomic mass is 32.1. The van der Waals surface area contributed by atoms with Gasteiger partial charge in [0.2, 0.25) is 0 Å². The molecule has 1 heterocycles. The van der Waals surface area contributed by atoms with E-state index in [1.807, 2.05) is 23.1 Å². The molecule has 3 N–H and O–H groups in total. The first kappa shape index (κ1) is 17.4. The minimum absolute atomic E-state index is 0.128. The minimum atomic E-state index is 0.128. The van der Waals surface area contributed by atoms with Crippen LogP contribution in [0.5, 0.6) is 11.5 Å². The van der Waals surface area contributed by atoms with Gasteiger partial charge in [0.15, 0.2) is 5.11 Å². The zero-order valence-electron chi connectivity index (χ0n) is 13.5. The van der Waals surface area contributed by atoms with Crippen molar-refractivity contribution in [1.29, 1.82) is 5.26 Å². The third-order valence-corrected chi connectivity index (χ3v) is 3.53. The number of allylic oxidation sites excluding steroid dienone is 1. The number of hydrogen-bond donors (Lipinski definition) is 2. The molecule has 1 aromatic carbocycles. The van der Waals surface area contributed by atoms with Crippen molar-refractivity contribution in [3.63, 3.8) is 0 Å². The van der Waals surface area contributed by atoms with E-state index in [0.717, 1.165) is 17.1 Å². The van der Waals surface area contributed by atoms with Crippen molar-refractivity contribution >= 4 is 17.3 Å². The van der Waals surface area contributed by atoms with Crippen LogP contribution in [0.3, 0.4) is 0 Å². The summed E-state index contributed by atoms with van der Waals surface area (Å²) in [6.45, 7) is 0.611. The topological polar surface area (TPSA) is 86.8 Å². The van der Waals surface area contributed by atoms with Gasteiger partial charge >= 0.3 is 0 Å². The number of hydrazine groups is 1. The Bertz CT molecular complexity index is 711. The van der Waals surface area contributed by atoms with Gasteiger partial charge in [0.05, 0.1) is 20.4 Å². The molecule has 0 unspecified atom stereocenters. The Labute approximate surface area is 146 Å². The molecule has 0 spiro atoms. The molecule has 1 aliphatic rings. The predicted molar refractivity (Wildman–Crippen MR) is 94.6 cm³/mol. The Morgan fingerprint density at radius 3 is 2.75 bits per heavy atom. The summed E-state index contributed by atoms with van der Waals surface area (Å²) in [5.41, 5.74) is 9.65. The fourth-order valence-corrected chi connectivity index (χ4v) is 2.39. The largest absolute Gasteiger partial charge is 0.497 e. The predicted octanol–water partition coefficient (Wildman–Crippen LogP) is 1.45. The molecule has 0 aliphatic carbocycles. The van der Waals surface area contributed by atoms with Crippen LogP contribution in [-0.2, 0) is 6.42 Å². The van der Waals surface area contributed by atoms with Crippen LogP contribution < -0.4 is 20.6 Å². The van der Waals surface area contributed by atoms with Crippen molar-refractivity contribution in [3.8, 4) is 17.6 Å². The molecule has 0 saturated heterocycles. The summed E-state index contributed by atoms with van der Waals surface area (Å²) < 4.78 is 10.6. The van der Waals surface area contributed by atoms with Crippen LogP contribution in [0.4, 0.5) is 0 Å². The number of hydrogen-bond acceptors (Lipinski definition) is 6. The summed E-state index contributed by atoms with van der Waals surface area (Å²) in [5, 5.41) is 11.0. The number of benzene rings is 1. The van der Waals surface area contributed by atoms with E-state index in [4.69, 9.17) is 27.4 Å². The van der Waals surface area contributed by atoms with Gasteiger partial charge in [-0.1, -0.05) is 0 Å². The SMILES string of the molecule is COc1ccc(OC)c(CCN2C=CN(NC(N)=S)C=C2C#N)c1. The standard InChI is InChI=1S/C16H19N5O2S/c1-22-14-3-4-15(23-2)12(9-14)5-6-20-7-8-21(19-16(18)24)11-13(20)10-17/h3-4,7-9,11H,5-6H2,1-2H3,(H3,18,19,24). The minimum Gasteiger partial charge on any atom is -0.497 e. The van der Waals surface area contributed by atoms with E-state index in [1.54, 1.807) is 37.8 Å². The van der Waals surface area contributed by atoms with Crippen molar-refractivity contribution in [3.05, 3.63) is 48.1 Å². The lowest BCUT2D eigenvalue weighted by Crippen LogP contribution is -2.41. The first-order valence-corrected chi connectivity index (χ1v) is 7.60. The van der Waals surface area contributed by atoms with Crippen LogP contribution in [-0.4, -0.2) is 35.8 Å². The normalized spacial score (nSPS) is 13.1. The molecular weight excluding hydrogens is 326 g/mol. The first-order valence-electron chi connectivity index (χ1n) is 7.19. The van der Waals surface area contributed by atoms with Crippen LogP contribution in [0, 0.1) is 11.3 Å². The van der Waals surface area contributed by atoms with E-state index >= 15 is 0 Å². The van der Waals surface area contributed by atoms with Crippen molar-refractivity contribution in [1.82, 2.24) is 15.3 Å². The third kappa shape index (κ3) is 4.30. The highest BCUT2D eigenvalue weighted by molar-refractivity contribution is 7.80. The van der Waals surface area contributed by atoms with Gasteiger partial charge in [-0.05, 0) is 42.4 Å². The highest BCUT2D eigenvalue weighted by Crippen LogP contribution is 2.25. The number of nitrogens with zero attached hydrogens (tertiary/aromatic N) is 3. The molecule has 0 fully saturated rings. The molecule has 1 aliphatic heterocycles. The van der Waals surface area contributed by atoms with Crippen LogP contribution >= 0.6 is 12.2 Å². The number of rotatable bonds is 6. The monoisotopic (exact) mass is 345 g/mol. The smallest absolute Gasteiger partial charge is 0.183 e. The van der Waals surface area contributed by atoms with Crippen LogP contribution in [0.15, 0.2) is 42.5 Å². The van der Waals surface area contributed by atoms with Crippen LogP contribution in [0.25, 0.3) is 0 Å². The fourth-order valence-electron chi connectivity index (χ4n) is 2.28. The number of ether oxygens (including phenoxy) is 2. The second-order valence-corrected chi connectivity index (χ2v) is 5.37. The summed E-state index contributed by atoms with van der Waals surface area (Å²) >= 11 is 4.79. The van der Waals surface area contributed by atoms with E-state index in [9.17, 15) is 5.26 Å². The average Bonchev–Trinajstić information content (AvgIpc) is 2.59. The zero-order valence-corrected chi connectivity index (χ0v) is 14.3. The van der Waals surface area contributed by atoms with Crippen LogP contribution in [0.1, 0.15) is 5.56 Å². The number of methoxy groups -OCH3 is 2. The van der Waals surface area contributed by atoms with Gasteiger partial charge in [-0.15, -0.1) is 0 Å². The van der Waals surface area contributed by atoms with Crippen molar-refractivity contribution in [2.75, 3.05) is 20.8 Å². The maximum Gasteiger partial charge on any atom is 0.183 e. The lowest BCUT2D eigenvalue weighted by Gasteiger charge is -2.28. The summed E-state index contributed by atoms with van der Waals surface area (Å²) in [6.07, 6.45) is 5.84. The Balaban J connectivity index is 2.08. The maximum atomic E-state index is 9.34. The first-order chi connectivity index (χ1) is 11.6. The molecule has 126 valence electrons. The Morgan fingerprint density at radius 2 is 2.12 bits per heavy atom. The van der Waals surface area contributed by atoms with E-state index < -0.39 is 0 Å². The Kier molecular flexibility index (Phi) is 5.87. The molecule has 0 radical (unpaired) electrons. The summed E-state index contributed by atoms with van der Waals surface area (Å²) in [6, 6.07) is 7.81. The van der Waals surface area contributed by atoms with E-state index in [1.165, 1.54) is 0 Å².